The normalized spacial score (nSPS) is 17.3. The zero-order valence-electron chi connectivity index (χ0n) is 13.4. The molecule has 22 heavy (non-hydrogen) atoms. The number of methoxy groups -OCH3 is 1. The van der Waals surface area contributed by atoms with E-state index < -0.39 is 0 Å². The average Bonchev–Trinajstić information content (AvgIpc) is 2.59. The molecule has 0 unspecified atom stereocenters. The average molecular weight is 307 g/mol. The van der Waals surface area contributed by atoms with Crippen LogP contribution < -0.4 is 10.2 Å². The van der Waals surface area contributed by atoms with Crippen molar-refractivity contribution in [1.29, 1.82) is 0 Å². The fourth-order valence-corrected chi connectivity index (χ4v) is 2.53. The maximum Gasteiger partial charge on any atom is 0.237 e. The van der Waals surface area contributed by atoms with Gasteiger partial charge in [-0.3, -0.25) is 14.7 Å². The van der Waals surface area contributed by atoms with Gasteiger partial charge in [-0.15, -0.1) is 0 Å². The summed E-state index contributed by atoms with van der Waals surface area (Å²) in [5, 5.41) is 2.96. The van der Waals surface area contributed by atoms with Crippen LogP contribution in [0.15, 0.2) is 18.6 Å². The Labute approximate surface area is 131 Å². The minimum absolute atomic E-state index is 0.0871. The number of nitrogens with zero attached hydrogens (tertiary/aromatic N) is 4. The van der Waals surface area contributed by atoms with Crippen LogP contribution in [0.5, 0.6) is 0 Å². The Balaban J connectivity index is 1.75. The Kier molecular flexibility index (Phi) is 6.54. The van der Waals surface area contributed by atoms with E-state index in [0.29, 0.717) is 13.2 Å². The number of piperazine rings is 1. The lowest BCUT2D eigenvalue weighted by Gasteiger charge is -2.37. The molecule has 1 saturated heterocycles. The molecule has 0 radical (unpaired) electrons. The highest BCUT2D eigenvalue weighted by atomic mass is 16.5. The lowest BCUT2D eigenvalue weighted by atomic mass is 10.2. The van der Waals surface area contributed by atoms with Crippen molar-refractivity contribution in [2.75, 3.05) is 51.3 Å². The van der Waals surface area contributed by atoms with Gasteiger partial charge in [0, 0.05) is 58.8 Å². The van der Waals surface area contributed by atoms with Crippen LogP contribution >= 0.6 is 0 Å². The second-order valence-corrected chi connectivity index (χ2v) is 5.40. The van der Waals surface area contributed by atoms with Gasteiger partial charge in [-0.25, -0.2) is 4.98 Å². The van der Waals surface area contributed by atoms with Crippen molar-refractivity contribution in [1.82, 2.24) is 20.2 Å². The molecule has 1 fully saturated rings. The summed E-state index contributed by atoms with van der Waals surface area (Å²) in [7, 11) is 1.67. The molecule has 1 N–H and O–H groups in total. The molecule has 1 amide bonds. The molecule has 0 bridgehead atoms. The van der Waals surface area contributed by atoms with Crippen molar-refractivity contribution in [3.8, 4) is 0 Å². The number of carbonyl (C=O) groups is 1. The van der Waals surface area contributed by atoms with E-state index in [-0.39, 0.29) is 11.9 Å². The second kappa shape index (κ2) is 8.65. The first-order valence-electron chi connectivity index (χ1n) is 7.74. The van der Waals surface area contributed by atoms with Gasteiger partial charge in [0.15, 0.2) is 0 Å². The lowest BCUT2D eigenvalue weighted by Crippen LogP contribution is -2.54. The zero-order chi connectivity index (χ0) is 15.8. The summed E-state index contributed by atoms with van der Waals surface area (Å²) in [5.74, 6) is 0.989. The van der Waals surface area contributed by atoms with Crippen LogP contribution in [0.3, 0.4) is 0 Å². The number of aromatic nitrogens is 2. The number of amides is 1. The van der Waals surface area contributed by atoms with Gasteiger partial charge in [0.05, 0.1) is 12.2 Å². The van der Waals surface area contributed by atoms with E-state index in [4.69, 9.17) is 4.74 Å². The number of carbonyl (C=O) groups excluding carboxylic acids is 1. The molecule has 7 heteroatoms. The molecule has 0 aliphatic carbocycles. The van der Waals surface area contributed by atoms with E-state index in [0.717, 1.165) is 38.4 Å². The molecule has 1 aromatic heterocycles. The summed E-state index contributed by atoms with van der Waals surface area (Å²) < 4.78 is 4.98. The van der Waals surface area contributed by atoms with Gasteiger partial charge in [-0.05, 0) is 13.3 Å². The van der Waals surface area contributed by atoms with Crippen molar-refractivity contribution in [2.45, 2.75) is 19.4 Å². The number of nitrogens with one attached hydrogen (secondary N) is 1. The molecular formula is C15H25N5O2. The van der Waals surface area contributed by atoms with Crippen LogP contribution in [0.1, 0.15) is 13.3 Å². The van der Waals surface area contributed by atoms with E-state index >= 15 is 0 Å². The van der Waals surface area contributed by atoms with E-state index in [2.05, 4.69) is 25.1 Å². The van der Waals surface area contributed by atoms with Crippen LogP contribution in [-0.4, -0.2) is 73.3 Å². The van der Waals surface area contributed by atoms with Gasteiger partial charge < -0.3 is 15.0 Å². The number of hydrogen-bond donors (Lipinski definition) is 1. The van der Waals surface area contributed by atoms with Crippen molar-refractivity contribution >= 4 is 11.7 Å². The monoisotopic (exact) mass is 307 g/mol. The maximum atomic E-state index is 12.1. The third kappa shape index (κ3) is 4.64. The molecule has 2 heterocycles. The number of anilines is 1. The molecule has 0 spiro atoms. The molecule has 7 nitrogen and oxygen atoms in total. The first-order chi connectivity index (χ1) is 10.7. The van der Waals surface area contributed by atoms with E-state index in [1.54, 1.807) is 25.7 Å². The van der Waals surface area contributed by atoms with E-state index in [1.165, 1.54) is 0 Å². The summed E-state index contributed by atoms with van der Waals surface area (Å²) in [5.41, 5.74) is 0. The van der Waals surface area contributed by atoms with Gasteiger partial charge >= 0.3 is 0 Å². The van der Waals surface area contributed by atoms with E-state index in [1.807, 2.05) is 6.92 Å². The molecule has 2 rings (SSSR count). The van der Waals surface area contributed by atoms with Crippen LogP contribution in [0, 0.1) is 0 Å². The number of hydrogen-bond acceptors (Lipinski definition) is 6. The van der Waals surface area contributed by atoms with Gasteiger partial charge in [0.1, 0.15) is 5.82 Å². The van der Waals surface area contributed by atoms with E-state index in [9.17, 15) is 4.79 Å². The molecular weight excluding hydrogens is 282 g/mol. The van der Waals surface area contributed by atoms with Gasteiger partial charge in [0.25, 0.3) is 0 Å². The molecule has 122 valence electrons. The topological polar surface area (TPSA) is 70.6 Å². The van der Waals surface area contributed by atoms with Crippen molar-refractivity contribution in [3.05, 3.63) is 18.6 Å². The van der Waals surface area contributed by atoms with Crippen LogP contribution in [-0.2, 0) is 9.53 Å². The Bertz CT molecular complexity index is 449. The quantitative estimate of drug-likeness (QED) is 0.723. The first-order valence-corrected chi connectivity index (χ1v) is 7.74. The maximum absolute atomic E-state index is 12.1. The molecule has 1 aliphatic rings. The molecule has 1 atom stereocenters. The molecule has 0 saturated carbocycles. The Morgan fingerprint density at radius 1 is 1.36 bits per heavy atom. The SMILES string of the molecule is COCCCNC(=O)[C@H](C)N1CCN(c2cnccn2)CC1. The summed E-state index contributed by atoms with van der Waals surface area (Å²) in [6, 6.07) is -0.105. The number of ether oxygens (including phenoxy) is 1. The van der Waals surface area contributed by atoms with Gasteiger partial charge in [-0.2, -0.15) is 0 Å². The number of rotatable bonds is 7. The van der Waals surface area contributed by atoms with Crippen LogP contribution in [0.2, 0.25) is 0 Å². The van der Waals surface area contributed by atoms with Gasteiger partial charge in [0.2, 0.25) is 5.91 Å². The highest BCUT2D eigenvalue weighted by Gasteiger charge is 2.25. The second-order valence-electron chi connectivity index (χ2n) is 5.40. The first kappa shape index (κ1) is 16.6. The standard InChI is InChI=1S/C15H25N5O2/c1-13(15(21)18-4-3-11-22-2)19-7-9-20(10-8-19)14-12-16-5-6-17-14/h5-6,12-13H,3-4,7-11H2,1-2H3,(H,18,21)/t13-/m0/s1. The minimum atomic E-state index is -0.105. The third-order valence-electron chi connectivity index (χ3n) is 3.94. The summed E-state index contributed by atoms with van der Waals surface area (Å²) >= 11 is 0. The fourth-order valence-electron chi connectivity index (χ4n) is 2.53. The van der Waals surface area contributed by atoms with Crippen molar-refractivity contribution < 1.29 is 9.53 Å². The highest BCUT2D eigenvalue weighted by Crippen LogP contribution is 2.13. The zero-order valence-corrected chi connectivity index (χ0v) is 13.4. The summed E-state index contributed by atoms with van der Waals surface area (Å²) in [4.78, 5) is 25.0. The largest absolute Gasteiger partial charge is 0.385 e. The predicted molar refractivity (Wildman–Crippen MR) is 84.8 cm³/mol. The van der Waals surface area contributed by atoms with Crippen molar-refractivity contribution in [3.63, 3.8) is 0 Å². The van der Waals surface area contributed by atoms with Crippen LogP contribution in [0.25, 0.3) is 0 Å². The lowest BCUT2D eigenvalue weighted by molar-refractivity contribution is -0.126. The van der Waals surface area contributed by atoms with Gasteiger partial charge in [-0.1, -0.05) is 0 Å². The third-order valence-corrected chi connectivity index (χ3v) is 3.94. The van der Waals surface area contributed by atoms with Crippen LogP contribution in [0.4, 0.5) is 5.82 Å². The fraction of sp³-hybridized carbons (Fsp3) is 0.667. The Morgan fingerprint density at radius 2 is 2.14 bits per heavy atom. The molecule has 0 aromatic carbocycles. The smallest absolute Gasteiger partial charge is 0.237 e. The summed E-state index contributed by atoms with van der Waals surface area (Å²) in [6.45, 7) is 6.72. The highest BCUT2D eigenvalue weighted by molar-refractivity contribution is 5.81. The Morgan fingerprint density at radius 3 is 2.77 bits per heavy atom. The summed E-state index contributed by atoms with van der Waals surface area (Å²) in [6.07, 6.45) is 6.00. The molecule has 1 aliphatic heterocycles. The predicted octanol–water partition coefficient (Wildman–Crippen LogP) is 0.140. The Hall–Kier alpha value is -1.73. The minimum Gasteiger partial charge on any atom is -0.385 e. The molecule has 1 aromatic rings. The van der Waals surface area contributed by atoms with Crippen molar-refractivity contribution in [2.24, 2.45) is 0 Å².